The highest BCUT2D eigenvalue weighted by atomic mass is 32.2. The van der Waals surface area contributed by atoms with Gasteiger partial charge in [-0.1, -0.05) is 12.1 Å². The number of anilines is 1. The Labute approximate surface area is 181 Å². The van der Waals surface area contributed by atoms with E-state index >= 15 is 0 Å². The molecule has 3 heterocycles. The SMILES string of the molecule is CN(C)c1ncc(-c2cccc(F)c2)c(C2CCCN(S(=O)(=O)c3cn(C)cn3)C2)n1. The lowest BCUT2D eigenvalue weighted by molar-refractivity contribution is 0.312. The van der Waals surface area contributed by atoms with Crippen LogP contribution in [0.5, 0.6) is 0 Å². The van der Waals surface area contributed by atoms with E-state index in [9.17, 15) is 12.8 Å². The van der Waals surface area contributed by atoms with Gasteiger partial charge in [0.25, 0.3) is 10.0 Å². The molecule has 0 amide bonds. The third kappa shape index (κ3) is 4.31. The number of aromatic nitrogens is 4. The third-order valence-corrected chi connectivity index (χ3v) is 7.15. The van der Waals surface area contributed by atoms with Crippen LogP contribution in [0.2, 0.25) is 0 Å². The summed E-state index contributed by atoms with van der Waals surface area (Å²) in [7, 11) is 1.72. The molecule has 8 nitrogen and oxygen atoms in total. The highest BCUT2D eigenvalue weighted by molar-refractivity contribution is 7.89. The second-order valence-electron chi connectivity index (χ2n) is 7.95. The number of sulfonamides is 1. The van der Waals surface area contributed by atoms with Crippen molar-refractivity contribution >= 4 is 16.0 Å². The Morgan fingerprint density at radius 2 is 2.03 bits per heavy atom. The van der Waals surface area contributed by atoms with E-state index in [1.165, 1.54) is 29.0 Å². The van der Waals surface area contributed by atoms with E-state index < -0.39 is 10.0 Å². The average Bonchev–Trinajstić information content (AvgIpc) is 3.20. The van der Waals surface area contributed by atoms with E-state index in [4.69, 9.17) is 4.98 Å². The normalized spacial score (nSPS) is 17.6. The Bertz CT molecular complexity index is 1190. The van der Waals surface area contributed by atoms with Crippen molar-refractivity contribution in [2.24, 2.45) is 7.05 Å². The summed E-state index contributed by atoms with van der Waals surface area (Å²) in [5.74, 6) is 0.0372. The second-order valence-corrected chi connectivity index (χ2v) is 9.84. The zero-order chi connectivity index (χ0) is 22.2. The van der Waals surface area contributed by atoms with Crippen molar-refractivity contribution in [2.75, 3.05) is 32.1 Å². The van der Waals surface area contributed by atoms with Crippen LogP contribution in [-0.2, 0) is 17.1 Å². The molecule has 1 atom stereocenters. The van der Waals surface area contributed by atoms with Crippen LogP contribution in [-0.4, -0.2) is 59.4 Å². The van der Waals surface area contributed by atoms with Crippen LogP contribution >= 0.6 is 0 Å². The van der Waals surface area contributed by atoms with Crippen LogP contribution in [0.15, 0.2) is 48.0 Å². The number of aryl methyl sites for hydroxylation is 1. The molecule has 4 rings (SSSR count). The van der Waals surface area contributed by atoms with Crippen LogP contribution in [0.25, 0.3) is 11.1 Å². The van der Waals surface area contributed by atoms with Gasteiger partial charge in [-0.25, -0.2) is 27.8 Å². The molecule has 0 spiro atoms. The molecule has 164 valence electrons. The molecule has 1 unspecified atom stereocenters. The predicted molar refractivity (Wildman–Crippen MR) is 116 cm³/mol. The maximum atomic E-state index is 13.9. The standard InChI is InChI=1S/C21H25FN6O2S/c1-26(2)21-23-11-18(15-6-4-8-17(22)10-15)20(25-21)16-7-5-9-28(12-16)31(29,30)19-13-27(3)14-24-19/h4,6,8,10-11,13-14,16H,5,7,9,12H2,1-3H3. The van der Waals surface area contributed by atoms with Crippen LogP contribution < -0.4 is 4.90 Å². The molecular formula is C21H25FN6O2S. The van der Waals surface area contributed by atoms with Gasteiger partial charge in [0.15, 0.2) is 5.03 Å². The number of hydrogen-bond acceptors (Lipinski definition) is 6. The van der Waals surface area contributed by atoms with Gasteiger partial charge >= 0.3 is 0 Å². The molecule has 1 aromatic carbocycles. The Balaban J connectivity index is 1.73. The summed E-state index contributed by atoms with van der Waals surface area (Å²) >= 11 is 0. The fourth-order valence-electron chi connectivity index (χ4n) is 3.83. The number of halogens is 1. The molecule has 0 saturated carbocycles. The topological polar surface area (TPSA) is 84.2 Å². The lowest BCUT2D eigenvalue weighted by atomic mass is 9.91. The van der Waals surface area contributed by atoms with Gasteiger partial charge in [0, 0.05) is 58.1 Å². The first kappa shape index (κ1) is 21.4. The molecule has 1 saturated heterocycles. The highest BCUT2D eigenvalue weighted by Crippen LogP contribution is 2.35. The first-order chi connectivity index (χ1) is 14.8. The Morgan fingerprint density at radius 1 is 1.23 bits per heavy atom. The molecule has 3 aromatic rings. The van der Waals surface area contributed by atoms with E-state index in [2.05, 4.69) is 9.97 Å². The minimum absolute atomic E-state index is 0.0395. The maximum Gasteiger partial charge on any atom is 0.262 e. The van der Waals surface area contributed by atoms with Gasteiger partial charge in [-0.3, -0.25) is 0 Å². The smallest absolute Gasteiger partial charge is 0.262 e. The fraction of sp³-hybridized carbons (Fsp3) is 0.381. The predicted octanol–water partition coefficient (Wildman–Crippen LogP) is 2.65. The van der Waals surface area contributed by atoms with Crippen molar-refractivity contribution in [3.63, 3.8) is 0 Å². The van der Waals surface area contributed by atoms with Gasteiger partial charge in [0.05, 0.1) is 12.0 Å². The first-order valence-corrected chi connectivity index (χ1v) is 11.5. The zero-order valence-corrected chi connectivity index (χ0v) is 18.5. The summed E-state index contributed by atoms with van der Waals surface area (Å²) in [4.78, 5) is 15.0. The second kappa shape index (κ2) is 8.35. The van der Waals surface area contributed by atoms with Crippen molar-refractivity contribution in [3.05, 3.63) is 54.5 Å². The number of piperidine rings is 1. The summed E-state index contributed by atoms with van der Waals surface area (Å²) in [6.07, 6.45) is 6.15. The van der Waals surface area contributed by atoms with Crippen LogP contribution in [0.3, 0.4) is 0 Å². The molecule has 2 aromatic heterocycles. The number of imidazole rings is 1. The van der Waals surface area contributed by atoms with Gasteiger partial charge in [-0.15, -0.1) is 0 Å². The van der Waals surface area contributed by atoms with Crippen molar-refractivity contribution in [3.8, 4) is 11.1 Å². The van der Waals surface area contributed by atoms with E-state index in [1.54, 1.807) is 28.8 Å². The molecule has 1 aliphatic rings. The molecule has 10 heteroatoms. The summed E-state index contributed by atoms with van der Waals surface area (Å²) < 4.78 is 43.2. The van der Waals surface area contributed by atoms with Crippen LogP contribution in [0.1, 0.15) is 24.5 Å². The zero-order valence-electron chi connectivity index (χ0n) is 17.7. The van der Waals surface area contributed by atoms with Crippen molar-refractivity contribution in [2.45, 2.75) is 23.8 Å². The Kier molecular flexibility index (Phi) is 5.76. The maximum absolute atomic E-state index is 13.9. The molecular weight excluding hydrogens is 419 g/mol. The summed E-state index contributed by atoms with van der Waals surface area (Å²) in [5.41, 5.74) is 2.11. The fourth-order valence-corrected chi connectivity index (χ4v) is 5.32. The summed E-state index contributed by atoms with van der Waals surface area (Å²) in [5, 5.41) is 0.0395. The molecule has 1 aliphatic heterocycles. The Hall–Kier alpha value is -2.85. The van der Waals surface area contributed by atoms with Gasteiger partial charge in [-0.2, -0.15) is 4.31 Å². The third-order valence-electron chi connectivity index (χ3n) is 5.40. The number of rotatable bonds is 5. The molecule has 0 radical (unpaired) electrons. The van der Waals surface area contributed by atoms with E-state index in [1.807, 2.05) is 20.2 Å². The van der Waals surface area contributed by atoms with Crippen LogP contribution in [0, 0.1) is 5.82 Å². The minimum Gasteiger partial charge on any atom is -0.347 e. The quantitative estimate of drug-likeness (QED) is 0.602. The summed E-state index contributed by atoms with van der Waals surface area (Å²) in [6.45, 7) is 0.710. The summed E-state index contributed by atoms with van der Waals surface area (Å²) in [6, 6.07) is 6.29. The number of benzene rings is 1. The van der Waals surface area contributed by atoms with E-state index in [-0.39, 0.29) is 23.3 Å². The minimum atomic E-state index is -3.71. The average molecular weight is 445 g/mol. The van der Waals surface area contributed by atoms with Gasteiger partial charge in [0.1, 0.15) is 5.82 Å². The molecule has 31 heavy (non-hydrogen) atoms. The van der Waals surface area contributed by atoms with Crippen LogP contribution in [0.4, 0.5) is 10.3 Å². The lowest BCUT2D eigenvalue weighted by Crippen LogP contribution is -2.39. The van der Waals surface area contributed by atoms with Crippen molar-refractivity contribution in [1.82, 2.24) is 23.8 Å². The highest BCUT2D eigenvalue weighted by Gasteiger charge is 2.34. The number of nitrogens with zero attached hydrogens (tertiary/aromatic N) is 6. The molecule has 0 aliphatic carbocycles. The first-order valence-electron chi connectivity index (χ1n) is 10.0. The molecule has 0 N–H and O–H groups in total. The largest absolute Gasteiger partial charge is 0.347 e. The van der Waals surface area contributed by atoms with Gasteiger partial charge < -0.3 is 9.47 Å². The van der Waals surface area contributed by atoms with E-state index in [0.29, 0.717) is 30.0 Å². The van der Waals surface area contributed by atoms with Crippen molar-refractivity contribution in [1.29, 1.82) is 0 Å². The monoisotopic (exact) mass is 444 g/mol. The Morgan fingerprint density at radius 3 is 2.71 bits per heavy atom. The van der Waals surface area contributed by atoms with Crippen molar-refractivity contribution < 1.29 is 12.8 Å². The molecule has 0 bridgehead atoms. The number of hydrogen-bond donors (Lipinski definition) is 0. The molecule has 1 fully saturated rings. The van der Waals surface area contributed by atoms with Gasteiger partial charge in [0.2, 0.25) is 5.95 Å². The van der Waals surface area contributed by atoms with Gasteiger partial charge in [-0.05, 0) is 30.5 Å². The lowest BCUT2D eigenvalue weighted by Gasteiger charge is -2.32. The van der Waals surface area contributed by atoms with E-state index in [0.717, 1.165) is 12.1 Å².